The first kappa shape index (κ1) is 20.6. The Morgan fingerprint density at radius 1 is 1.18 bits per heavy atom. The van der Waals surface area contributed by atoms with E-state index >= 15 is 0 Å². The number of anilines is 2. The van der Waals surface area contributed by atoms with Crippen LogP contribution in [-0.2, 0) is 14.3 Å². The molecule has 0 radical (unpaired) electrons. The molecule has 1 aromatic carbocycles. The summed E-state index contributed by atoms with van der Waals surface area (Å²) in [6.45, 7) is 1.39. The number of amides is 3. The predicted octanol–water partition coefficient (Wildman–Crippen LogP) is 1.88. The van der Waals surface area contributed by atoms with Crippen molar-refractivity contribution in [3.63, 3.8) is 0 Å². The fourth-order valence-electron chi connectivity index (χ4n) is 2.06. The minimum atomic E-state index is -1.12. The van der Waals surface area contributed by atoms with Crippen molar-refractivity contribution in [2.24, 2.45) is 5.73 Å². The average molecular weight is 400 g/mol. The first-order valence-electron chi connectivity index (χ1n) is 7.97. The quantitative estimate of drug-likeness (QED) is 0.604. The molecule has 0 fully saturated rings. The SMILES string of the molecule is CC(OC(=O)c1ccc(NC(=O)CC#N)cc1)C(=O)Nc1sccc1C(N)=O. The lowest BCUT2D eigenvalue weighted by Gasteiger charge is -2.13. The Hall–Kier alpha value is -3.71. The summed E-state index contributed by atoms with van der Waals surface area (Å²) in [6, 6.07) is 8.99. The van der Waals surface area contributed by atoms with E-state index in [0.717, 1.165) is 11.3 Å². The van der Waals surface area contributed by atoms with Crippen molar-refractivity contribution in [3.05, 3.63) is 46.8 Å². The van der Waals surface area contributed by atoms with Crippen LogP contribution in [0.3, 0.4) is 0 Å². The summed E-state index contributed by atoms with van der Waals surface area (Å²) in [4.78, 5) is 47.0. The van der Waals surface area contributed by atoms with Gasteiger partial charge in [-0.15, -0.1) is 11.3 Å². The molecule has 9 nitrogen and oxygen atoms in total. The van der Waals surface area contributed by atoms with E-state index in [9.17, 15) is 19.2 Å². The standard InChI is InChI=1S/C18H16N4O5S/c1-10(16(25)22-17-13(15(20)24)7-9-28-17)27-18(26)11-2-4-12(5-3-11)21-14(23)6-8-19/h2-5,7,9-10H,6H2,1H3,(H2,20,24)(H,21,23)(H,22,25). The zero-order chi connectivity index (χ0) is 20.7. The number of nitrogens with one attached hydrogen (secondary N) is 2. The number of ether oxygens (including phenoxy) is 1. The number of esters is 1. The molecular formula is C18H16N4O5S. The Balaban J connectivity index is 1.95. The van der Waals surface area contributed by atoms with Crippen LogP contribution in [0.25, 0.3) is 0 Å². The minimum absolute atomic E-state index is 0.172. The first-order chi connectivity index (χ1) is 13.3. The molecule has 3 amide bonds. The van der Waals surface area contributed by atoms with Gasteiger partial charge in [-0.05, 0) is 42.6 Å². The van der Waals surface area contributed by atoms with Gasteiger partial charge in [-0.1, -0.05) is 0 Å². The average Bonchev–Trinajstić information content (AvgIpc) is 3.10. The Labute approximate surface area is 164 Å². The molecule has 1 aromatic heterocycles. The lowest BCUT2D eigenvalue weighted by Crippen LogP contribution is -2.30. The maximum Gasteiger partial charge on any atom is 0.338 e. The number of hydrogen-bond acceptors (Lipinski definition) is 7. The second kappa shape index (κ2) is 9.29. The third-order valence-corrected chi connectivity index (χ3v) is 4.29. The van der Waals surface area contributed by atoms with Crippen LogP contribution < -0.4 is 16.4 Å². The third kappa shape index (κ3) is 5.39. The van der Waals surface area contributed by atoms with Crippen molar-refractivity contribution < 1.29 is 23.9 Å². The molecule has 2 aromatic rings. The minimum Gasteiger partial charge on any atom is -0.449 e. The summed E-state index contributed by atoms with van der Waals surface area (Å²) < 4.78 is 5.11. The number of benzene rings is 1. The number of nitrogens with zero attached hydrogens (tertiary/aromatic N) is 1. The molecule has 10 heteroatoms. The monoisotopic (exact) mass is 400 g/mol. The zero-order valence-corrected chi connectivity index (χ0v) is 15.5. The Morgan fingerprint density at radius 3 is 2.46 bits per heavy atom. The summed E-state index contributed by atoms with van der Waals surface area (Å²) in [5.74, 6) is -2.49. The van der Waals surface area contributed by atoms with E-state index in [2.05, 4.69) is 10.6 Å². The Morgan fingerprint density at radius 2 is 1.86 bits per heavy atom. The van der Waals surface area contributed by atoms with Crippen molar-refractivity contribution in [1.29, 1.82) is 5.26 Å². The molecule has 0 aliphatic rings. The second-order valence-electron chi connectivity index (χ2n) is 5.52. The smallest absolute Gasteiger partial charge is 0.338 e. The lowest BCUT2D eigenvalue weighted by molar-refractivity contribution is -0.123. The molecule has 1 unspecified atom stereocenters. The molecular weight excluding hydrogens is 384 g/mol. The summed E-state index contributed by atoms with van der Waals surface area (Å²) in [6.07, 6.45) is -1.40. The van der Waals surface area contributed by atoms with E-state index in [-0.39, 0.29) is 22.5 Å². The van der Waals surface area contributed by atoms with Crippen molar-refractivity contribution in [2.45, 2.75) is 19.4 Å². The van der Waals surface area contributed by atoms with E-state index in [1.165, 1.54) is 37.3 Å². The fraction of sp³-hybridized carbons (Fsp3) is 0.167. The van der Waals surface area contributed by atoms with Gasteiger partial charge in [0.05, 0.1) is 17.2 Å². The Bertz CT molecular complexity index is 946. The molecule has 0 aliphatic carbocycles. The molecule has 1 atom stereocenters. The van der Waals surface area contributed by atoms with Gasteiger partial charge in [0.1, 0.15) is 11.4 Å². The van der Waals surface area contributed by atoms with Crippen molar-refractivity contribution in [1.82, 2.24) is 0 Å². The topological polar surface area (TPSA) is 151 Å². The molecule has 1 heterocycles. The van der Waals surface area contributed by atoms with Gasteiger partial charge in [0, 0.05) is 5.69 Å². The second-order valence-corrected chi connectivity index (χ2v) is 6.44. The van der Waals surface area contributed by atoms with Gasteiger partial charge in [-0.25, -0.2) is 4.79 Å². The molecule has 0 saturated heterocycles. The van der Waals surface area contributed by atoms with E-state index in [4.69, 9.17) is 15.7 Å². The maximum absolute atomic E-state index is 12.2. The lowest BCUT2D eigenvalue weighted by atomic mass is 10.2. The van der Waals surface area contributed by atoms with Gasteiger partial charge in [-0.2, -0.15) is 5.26 Å². The van der Waals surface area contributed by atoms with E-state index < -0.39 is 29.8 Å². The highest BCUT2D eigenvalue weighted by Gasteiger charge is 2.21. The molecule has 0 bridgehead atoms. The number of carbonyl (C=O) groups excluding carboxylic acids is 4. The highest BCUT2D eigenvalue weighted by molar-refractivity contribution is 7.14. The number of thiophene rings is 1. The third-order valence-electron chi connectivity index (χ3n) is 3.46. The number of nitriles is 1. The van der Waals surface area contributed by atoms with E-state index in [0.29, 0.717) is 5.69 Å². The van der Waals surface area contributed by atoms with Crippen LogP contribution in [0.2, 0.25) is 0 Å². The largest absolute Gasteiger partial charge is 0.449 e. The van der Waals surface area contributed by atoms with Crippen LogP contribution in [0.1, 0.15) is 34.1 Å². The fourth-order valence-corrected chi connectivity index (χ4v) is 2.86. The van der Waals surface area contributed by atoms with Crippen molar-refractivity contribution in [2.75, 3.05) is 10.6 Å². The van der Waals surface area contributed by atoms with Gasteiger partial charge in [0.2, 0.25) is 5.91 Å². The summed E-state index contributed by atoms with van der Waals surface area (Å²) in [7, 11) is 0. The number of primary amides is 1. The van der Waals surface area contributed by atoms with Gasteiger partial charge in [0.25, 0.3) is 11.8 Å². The zero-order valence-electron chi connectivity index (χ0n) is 14.7. The van der Waals surface area contributed by atoms with Crippen LogP contribution in [0.5, 0.6) is 0 Å². The van der Waals surface area contributed by atoms with E-state index in [1.54, 1.807) is 11.4 Å². The predicted molar refractivity (Wildman–Crippen MR) is 102 cm³/mol. The first-order valence-corrected chi connectivity index (χ1v) is 8.85. The number of rotatable bonds is 7. The van der Waals surface area contributed by atoms with E-state index in [1.807, 2.05) is 0 Å². The summed E-state index contributed by atoms with van der Waals surface area (Å²) in [5, 5.41) is 15.3. The number of hydrogen-bond donors (Lipinski definition) is 3. The van der Waals surface area contributed by atoms with Crippen molar-refractivity contribution in [3.8, 4) is 6.07 Å². The highest BCUT2D eigenvalue weighted by atomic mass is 32.1. The number of carbonyl (C=O) groups is 4. The molecule has 144 valence electrons. The summed E-state index contributed by atoms with van der Waals surface area (Å²) in [5.41, 5.74) is 5.98. The van der Waals surface area contributed by atoms with Gasteiger partial charge < -0.3 is 21.1 Å². The van der Waals surface area contributed by atoms with Crippen LogP contribution in [0, 0.1) is 11.3 Å². The van der Waals surface area contributed by atoms with Gasteiger partial charge in [-0.3, -0.25) is 14.4 Å². The molecule has 4 N–H and O–H groups in total. The summed E-state index contributed by atoms with van der Waals surface area (Å²) >= 11 is 1.12. The highest BCUT2D eigenvalue weighted by Crippen LogP contribution is 2.23. The molecule has 2 rings (SSSR count). The van der Waals surface area contributed by atoms with Gasteiger partial charge in [0.15, 0.2) is 6.10 Å². The molecule has 0 spiro atoms. The molecule has 0 saturated carbocycles. The van der Waals surface area contributed by atoms with Crippen LogP contribution in [0.15, 0.2) is 35.7 Å². The Kier molecular flexibility index (Phi) is 6.84. The van der Waals surface area contributed by atoms with Gasteiger partial charge >= 0.3 is 5.97 Å². The van der Waals surface area contributed by atoms with Crippen molar-refractivity contribution >= 4 is 45.7 Å². The number of nitrogens with two attached hydrogens (primary N) is 1. The molecule has 28 heavy (non-hydrogen) atoms. The van der Waals surface area contributed by atoms with Crippen LogP contribution in [-0.4, -0.2) is 29.8 Å². The van der Waals surface area contributed by atoms with Crippen LogP contribution in [0.4, 0.5) is 10.7 Å². The molecule has 0 aliphatic heterocycles. The normalized spacial score (nSPS) is 11.0. The van der Waals surface area contributed by atoms with Crippen LogP contribution >= 0.6 is 11.3 Å². The maximum atomic E-state index is 12.2.